The van der Waals surface area contributed by atoms with E-state index in [4.69, 9.17) is 0 Å². The van der Waals surface area contributed by atoms with Crippen LogP contribution >= 0.6 is 0 Å². The number of hydrogen-bond donors (Lipinski definition) is 1. The zero-order chi connectivity index (χ0) is 13.5. The second kappa shape index (κ2) is 7.10. The molecule has 100 valence electrons. The van der Waals surface area contributed by atoms with Crippen LogP contribution in [0.1, 0.15) is 37.4 Å². The summed E-state index contributed by atoms with van der Waals surface area (Å²) in [5, 5.41) is 3.67. The molecular weight excluding hydrogens is 230 g/mol. The fourth-order valence-electron chi connectivity index (χ4n) is 2.38. The van der Waals surface area contributed by atoms with Crippen molar-refractivity contribution in [1.82, 2.24) is 5.32 Å². The van der Waals surface area contributed by atoms with Gasteiger partial charge in [0.25, 0.3) is 0 Å². The smallest absolute Gasteiger partial charge is 0.0294 e. The van der Waals surface area contributed by atoms with Crippen LogP contribution in [0.15, 0.2) is 60.7 Å². The van der Waals surface area contributed by atoms with E-state index in [1.54, 1.807) is 0 Å². The summed E-state index contributed by atoms with van der Waals surface area (Å²) < 4.78 is 0. The van der Waals surface area contributed by atoms with E-state index in [1.165, 1.54) is 17.5 Å². The fourth-order valence-corrected chi connectivity index (χ4v) is 2.38. The van der Waals surface area contributed by atoms with Gasteiger partial charge in [-0.3, -0.25) is 0 Å². The van der Waals surface area contributed by atoms with Crippen LogP contribution in [0.25, 0.3) is 0 Å². The first kappa shape index (κ1) is 13.8. The summed E-state index contributed by atoms with van der Waals surface area (Å²) in [5.74, 6) is 0. The molecule has 1 nitrogen and oxygen atoms in total. The molecule has 0 aliphatic heterocycles. The van der Waals surface area contributed by atoms with Gasteiger partial charge in [-0.25, -0.2) is 0 Å². The van der Waals surface area contributed by atoms with E-state index in [1.807, 2.05) is 0 Å². The minimum Gasteiger partial charge on any atom is -0.308 e. The van der Waals surface area contributed by atoms with Crippen molar-refractivity contribution in [1.29, 1.82) is 0 Å². The number of benzene rings is 2. The van der Waals surface area contributed by atoms with E-state index >= 15 is 0 Å². The van der Waals surface area contributed by atoms with Gasteiger partial charge in [0.15, 0.2) is 0 Å². The molecule has 0 aliphatic rings. The average molecular weight is 253 g/mol. The largest absolute Gasteiger partial charge is 0.308 e. The molecule has 2 aromatic carbocycles. The molecule has 2 aromatic rings. The molecule has 0 heterocycles. The van der Waals surface area contributed by atoms with Crippen molar-refractivity contribution in [3.63, 3.8) is 0 Å². The lowest BCUT2D eigenvalue weighted by Crippen LogP contribution is -2.29. The van der Waals surface area contributed by atoms with E-state index in [0.717, 1.165) is 6.42 Å². The summed E-state index contributed by atoms with van der Waals surface area (Å²) in [6.45, 7) is 4.50. The Hall–Kier alpha value is -1.60. The molecule has 0 amide bonds. The van der Waals surface area contributed by atoms with Crippen LogP contribution in [0.4, 0.5) is 0 Å². The highest BCUT2D eigenvalue weighted by molar-refractivity contribution is 5.18. The molecule has 0 radical (unpaired) electrons. The van der Waals surface area contributed by atoms with Gasteiger partial charge in [0.2, 0.25) is 0 Å². The summed E-state index contributed by atoms with van der Waals surface area (Å²) in [4.78, 5) is 0. The first-order valence-electron chi connectivity index (χ1n) is 7.10. The highest BCUT2D eigenvalue weighted by atomic mass is 14.9. The molecule has 1 N–H and O–H groups in total. The predicted octanol–water partition coefficient (Wildman–Crippen LogP) is 4.36. The minimum atomic E-state index is 0.409. The van der Waals surface area contributed by atoms with Crippen molar-refractivity contribution >= 4 is 0 Å². The Bertz CT molecular complexity index is 464. The zero-order valence-electron chi connectivity index (χ0n) is 11.8. The van der Waals surface area contributed by atoms with Crippen molar-refractivity contribution < 1.29 is 0 Å². The number of nitrogens with one attached hydrogen (secondary N) is 1. The van der Waals surface area contributed by atoms with Gasteiger partial charge in [-0.1, -0.05) is 60.7 Å². The van der Waals surface area contributed by atoms with Crippen LogP contribution in [-0.2, 0) is 6.42 Å². The molecule has 0 fully saturated rings. The SMILES string of the molecule is C[C@H](CCc1ccccc1)N[C@@H](C)c1ccccc1. The Morgan fingerprint density at radius 3 is 2.05 bits per heavy atom. The molecular formula is C18H23N. The maximum atomic E-state index is 3.67. The lowest BCUT2D eigenvalue weighted by Gasteiger charge is -2.20. The van der Waals surface area contributed by atoms with E-state index < -0.39 is 0 Å². The third kappa shape index (κ3) is 4.53. The minimum absolute atomic E-state index is 0.409. The standard InChI is InChI=1S/C18H23N/c1-15(13-14-17-9-5-3-6-10-17)19-16(2)18-11-7-4-8-12-18/h3-12,15-16,19H,13-14H2,1-2H3/t15-,16+/m1/s1. The Labute approximate surface area is 116 Å². The van der Waals surface area contributed by atoms with Gasteiger partial charge >= 0.3 is 0 Å². The zero-order valence-corrected chi connectivity index (χ0v) is 11.8. The van der Waals surface area contributed by atoms with Crippen LogP contribution in [0.2, 0.25) is 0 Å². The van der Waals surface area contributed by atoms with Gasteiger partial charge in [0.1, 0.15) is 0 Å². The molecule has 0 bridgehead atoms. The maximum absolute atomic E-state index is 3.67. The van der Waals surface area contributed by atoms with E-state index in [2.05, 4.69) is 79.8 Å². The predicted molar refractivity (Wildman–Crippen MR) is 82.2 cm³/mol. The summed E-state index contributed by atoms with van der Waals surface area (Å²) >= 11 is 0. The summed E-state index contributed by atoms with van der Waals surface area (Å²) in [7, 11) is 0. The average Bonchev–Trinajstić information content (AvgIpc) is 2.47. The van der Waals surface area contributed by atoms with Gasteiger partial charge < -0.3 is 5.32 Å². The lowest BCUT2D eigenvalue weighted by atomic mass is 10.0. The van der Waals surface area contributed by atoms with Crippen LogP contribution in [0.5, 0.6) is 0 Å². The summed E-state index contributed by atoms with van der Waals surface area (Å²) in [6, 6.07) is 22.3. The van der Waals surface area contributed by atoms with Gasteiger partial charge in [-0.05, 0) is 37.8 Å². The molecule has 0 saturated carbocycles. The van der Waals surface area contributed by atoms with E-state index in [0.29, 0.717) is 12.1 Å². The number of rotatable bonds is 6. The maximum Gasteiger partial charge on any atom is 0.0294 e. The van der Waals surface area contributed by atoms with E-state index in [9.17, 15) is 0 Å². The quantitative estimate of drug-likeness (QED) is 0.806. The molecule has 0 aliphatic carbocycles. The van der Waals surface area contributed by atoms with Gasteiger partial charge in [-0.2, -0.15) is 0 Å². The molecule has 0 aromatic heterocycles. The highest BCUT2D eigenvalue weighted by Gasteiger charge is 2.08. The summed E-state index contributed by atoms with van der Waals surface area (Å²) in [5.41, 5.74) is 2.78. The van der Waals surface area contributed by atoms with Gasteiger partial charge in [0, 0.05) is 12.1 Å². The highest BCUT2D eigenvalue weighted by Crippen LogP contribution is 2.13. The van der Waals surface area contributed by atoms with Crippen molar-refractivity contribution in [2.24, 2.45) is 0 Å². The third-order valence-electron chi connectivity index (χ3n) is 3.54. The second-order valence-corrected chi connectivity index (χ2v) is 5.22. The lowest BCUT2D eigenvalue weighted by molar-refractivity contribution is 0.456. The Morgan fingerprint density at radius 1 is 0.842 bits per heavy atom. The topological polar surface area (TPSA) is 12.0 Å². The second-order valence-electron chi connectivity index (χ2n) is 5.22. The first-order valence-corrected chi connectivity index (χ1v) is 7.10. The number of hydrogen-bond acceptors (Lipinski definition) is 1. The van der Waals surface area contributed by atoms with Crippen molar-refractivity contribution in [3.8, 4) is 0 Å². The third-order valence-corrected chi connectivity index (χ3v) is 3.54. The number of aryl methyl sites for hydroxylation is 1. The fraction of sp³-hybridized carbons (Fsp3) is 0.333. The van der Waals surface area contributed by atoms with Crippen LogP contribution in [0, 0.1) is 0 Å². The first-order chi connectivity index (χ1) is 9.25. The molecule has 0 spiro atoms. The van der Waals surface area contributed by atoms with Gasteiger partial charge in [0.05, 0.1) is 0 Å². The van der Waals surface area contributed by atoms with E-state index in [-0.39, 0.29) is 0 Å². The Kier molecular flexibility index (Phi) is 5.17. The molecule has 0 saturated heterocycles. The Balaban J connectivity index is 1.80. The molecule has 1 heteroatoms. The van der Waals surface area contributed by atoms with Crippen molar-refractivity contribution in [2.75, 3.05) is 0 Å². The molecule has 2 atom stereocenters. The van der Waals surface area contributed by atoms with Crippen LogP contribution in [-0.4, -0.2) is 6.04 Å². The van der Waals surface area contributed by atoms with Crippen LogP contribution < -0.4 is 5.32 Å². The van der Waals surface area contributed by atoms with Crippen molar-refractivity contribution in [3.05, 3.63) is 71.8 Å². The normalized spacial score (nSPS) is 14.0. The van der Waals surface area contributed by atoms with Crippen LogP contribution in [0.3, 0.4) is 0 Å². The summed E-state index contributed by atoms with van der Waals surface area (Å²) in [6.07, 6.45) is 2.30. The van der Waals surface area contributed by atoms with Crippen molar-refractivity contribution in [2.45, 2.75) is 38.8 Å². The molecule has 19 heavy (non-hydrogen) atoms. The monoisotopic (exact) mass is 253 g/mol. The molecule has 2 rings (SSSR count). The molecule has 0 unspecified atom stereocenters. The Morgan fingerprint density at radius 2 is 1.42 bits per heavy atom. The van der Waals surface area contributed by atoms with Gasteiger partial charge in [-0.15, -0.1) is 0 Å².